The van der Waals surface area contributed by atoms with Crippen LogP contribution in [0.25, 0.3) is 0 Å². The standard InChI is InChI=1S/C14H23BFNO2/c1-10(11-7-6-8-17-9-11)12(16)15-18-13(2,3)14(4,5)19-15/h9,17H,6-8H2,1-5H3. The van der Waals surface area contributed by atoms with Crippen LogP contribution >= 0.6 is 0 Å². The van der Waals surface area contributed by atoms with E-state index in [0.717, 1.165) is 25.0 Å². The first-order valence-electron chi connectivity index (χ1n) is 6.89. The Bertz CT molecular complexity index is 413. The molecule has 2 rings (SSSR count). The lowest BCUT2D eigenvalue weighted by Gasteiger charge is -2.32. The number of hydrogen-bond donors (Lipinski definition) is 1. The Hall–Kier alpha value is -0.805. The van der Waals surface area contributed by atoms with Crippen molar-refractivity contribution in [3.05, 3.63) is 23.1 Å². The molecular formula is C14H23BFNO2. The summed E-state index contributed by atoms with van der Waals surface area (Å²) in [6.45, 7) is 10.5. The lowest BCUT2D eigenvalue weighted by molar-refractivity contribution is 0.00578. The van der Waals surface area contributed by atoms with Crippen LogP contribution in [0.3, 0.4) is 0 Å². The predicted octanol–water partition coefficient (Wildman–Crippen LogP) is 3.13. The van der Waals surface area contributed by atoms with E-state index in [1.54, 1.807) is 6.92 Å². The van der Waals surface area contributed by atoms with Gasteiger partial charge in [-0.15, -0.1) is 0 Å². The third kappa shape index (κ3) is 2.72. The van der Waals surface area contributed by atoms with Gasteiger partial charge in [-0.2, -0.15) is 0 Å². The molecule has 5 heteroatoms. The Morgan fingerprint density at radius 3 is 2.32 bits per heavy atom. The molecule has 2 heterocycles. The molecule has 0 aromatic heterocycles. The van der Waals surface area contributed by atoms with Gasteiger partial charge >= 0.3 is 7.12 Å². The summed E-state index contributed by atoms with van der Waals surface area (Å²) in [4.78, 5) is 0. The van der Waals surface area contributed by atoms with Crippen molar-refractivity contribution >= 4 is 7.12 Å². The van der Waals surface area contributed by atoms with Gasteiger partial charge in [0.15, 0.2) is 0 Å². The summed E-state index contributed by atoms with van der Waals surface area (Å²) in [7, 11) is -0.896. The number of hydrogen-bond acceptors (Lipinski definition) is 3. The topological polar surface area (TPSA) is 30.5 Å². The van der Waals surface area contributed by atoms with E-state index in [-0.39, 0.29) is 5.73 Å². The average Bonchev–Trinajstić information content (AvgIpc) is 2.58. The zero-order chi connectivity index (χ0) is 14.3. The van der Waals surface area contributed by atoms with E-state index in [0.29, 0.717) is 5.57 Å². The maximum atomic E-state index is 14.5. The van der Waals surface area contributed by atoms with Crippen LogP contribution < -0.4 is 5.32 Å². The first kappa shape index (κ1) is 14.6. The fourth-order valence-electron chi connectivity index (χ4n) is 2.22. The maximum absolute atomic E-state index is 14.5. The van der Waals surface area contributed by atoms with Gasteiger partial charge in [0.25, 0.3) is 0 Å². The minimum atomic E-state index is -0.896. The molecule has 0 amide bonds. The van der Waals surface area contributed by atoms with Crippen molar-refractivity contribution in [3.8, 4) is 0 Å². The van der Waals surface area contributed by atoms with Crippen LogP contribution in [0.15, 0.2) is 23.1 Å². The fourth-order valence-corrected chi connectivity index (χ4v) is 2.22. The third-order valence-electron chi connectivity index (χ3n) is 4.34. The molecule has 19 heavy (non-hydrogen) atoms. The Kier molecular flexibility index (Phi) is 3.80. The largest absolute Gasteiger partial charge is 0.525 e. The minimum Gasteiger partial charge on any atom is -0.398 e. The van der Waals surface area contributed by atoms with Crippen molar-refractivity contribution < 1.29 is 13.7 Å². The number of halogens is 1. The van der Waals surface area contributed by atoms with Gasteiger partial charge in [-0.25, -0.2) is 4.39 Å². The molecule has 0 aromatic rings. The van der Waals surface area contributed by atoms with E-state index < -0.39 is 18.3 Å². The molecular weight excluding hydrogens is 244 g/mol. The van der Waals surface area contributed by atoms with Crippen molar-refractivity contribution in [2.24, 2.45) is 0 Å². The van der Waals surface area contributed by atoms with Crippen LogP contribution in [0.1, 0.15) is 47.5 Å². The molecule has 106 valence electrons. The lowest BCUT2D eigenvalue weighted by Crippen LogP contribution is -2.41. The van der Waals surface area contributed by atoms with Crippen LogP contribution in [0.4, 0.5) is 4.39 Å². The number of rotatable bonds is 2. The second-order valence-corrected chi connectivity index (χ2v) is 6.29. The van der Waals surface area contributed by atoms with Crippen molar-refractivity contribution in [1.82, 2.24) is 5.32 Å². The van der Waals surface area contributed by atoms with Crippen LogP contribution in [-0.4, -0.2) is 24.9 Å². The van der Waals surface area contributed by atoms with Crippen LogP contribution in [-0.2, 0) is 9.31 Å². The minimum absolute atomic E-state index is 0.311. The Balaban J connectivity index is 2.21. The molecule has 2 aliphatic rings. The molecule has 3 nitrogen and oxygen atoms in total. The SMILES string of the molecule is CC(C1=CNCCC1)=C(F)B1OC(C)(C)C(C)(C)O1. The Labute approximate surface area is 115 Å². The molecule has 0 bridgehead atoms. The molecule has 0 atom stereocenters. The lowest BCUT2D eigenvalue weighted by atomic mass is 9.82. The fraction of sp³-hybridized carbons (Fsp3) is 0.714. The highest BCUT2D eigenvalue weighted by molar-refractivity contribution is 6.54. The quantitative estimate of drug-likeness (QED) is 0.780. The van der Waals surface area contributed by atoms with Gasteiger partial charge in [0.1, 0.15) is 5.73 Å². The Morgan fingerprint density at radius 1 is 1.26 bits per heavy atom. The molecule has 0 unspecified atom stereocenters. The van der Waals surface area contributed by atoms with Gasteiger partial charge in [-0.05, 0) is 64.8 Å². The van der Waals surface area contributed by atoms with Crippen molar-refractivity contribution in [2.45, 2.75) is 58.7 Å². The maximum Gasteiger partial charge on any atom is 0.525 e. The summed E-state index contributed by atoms with van der Waals surface area (Å²) < 4.78 is 26.0. The second-order valence-electron chi connectivity index (χ2n) is 6.29. The zero-order valence-electron chi connectivity index (χ0n) is 12.5. The number of allylic oxidation sites excluding steroid dienone is 2. The molecule has 0 aliphatic carbocycles. The smallest absolute Gasteiger partial charge is 0.398 e. The van der Waals surface area contributed by atoms with Gasteiger partial charge in [-0.3, -0.25) is 0 Å². The van der Waals surface area contributed by atoms with Gasteiger partial charge in [0.2, 0.25) is 0 Å². The van der Waals surface area contributed by atoms with E-state index in [2.05, 4.69) is 5.32 Å². The summed E-state index contributed by atoms with van der Waals surface area (Å²) in [5.74, 6) is 0. The predicted molar refractivity (Wildman–Crippen MR) is 75.2 cm³/mol. The molecule has 0 saturated carbocycles. The highest BCUT2D eigenvalue weighted by Crippen LogP contribution is 2.40. The van der Waals surface area contributed by atoms with Crippen LogP contribution in [0.2, 0.25) is 0 Å². The highest BCUT2D eigenvalue weighted by atomic mass is 19.1. The monoisotopic (exact) mass is 267 g/mol. The summed E-state index contributed by atoms with van der Waals surface area (Å²) in [6.07, 6.45) is 3.81. The third-order valence-corrected chi connectivity index (χ3v) is 4.34. The summed E-state index contributed by atoms with van der Waals surface area (Å²) in [6, 6.07) is 0. The van der Waals surface area contributed by atoms with Crippen LogP contribution in [0.5, 0.6) is 0 Å². The van der Waals surface area contributed by atoms with Gasteiger partial charge in [-0.1, -0.05) is 0 Å². The van der Waals surface area contributed by atoms with Crippen molar-refractivity contribution in [1.29, 1.82) is 0 Å². The van der Waals surface area contributed by atoms with Crippen LogP contribution in [0, 0.1) is 0 Å². The molecule has 1 N–H and O–H groups in total. The van der Waals surface area contributed by atoms with E-state index >= 15 is 0 Å². The van der Waals surface area contributed by atoms with Crippen molar-refractivity contribution in [3.63, 3.8) is 0 Å². The van der Waals surface area contributed by atoms with Crippen molar-refractivity contribution in [2.75, 3.05) is 6.54 Å². The van der Waals surface area contributed by atoms with Gasteiger partial charge in [0.05, 0.1) is 11.2 Å². The molecule has 1 fully saturated rings. The molecule has 0 radical (unpaired) electrons. The Morgan fingerprint density at radius 2 is 1.84 bits per heavy atom. The zero-order valence-corrected chi connectivity index (χ0v) is 12.5. The van der Waals surface area contributed by atoms with Gasteiger partial charge < -0.3 is 14.6 Å². The van der Waals surface area contributed by atoms with Gasteiger partial charge in [0, 0.05) is 6.54 Å². The highest BCUT2D eigenvalue weighted by Gasteiger charge is 2.53. The first-order chi connectivity index (χ1) is 8.74. The van der Waals surface area contributed by atoms with E-state index in [1.165, 1.54) is 0 Å². The molecule has 0 spiro atoms. The molecule has 2 aliphatic heterocycles. The van der Waals surface area contributed by atoms with E-state index in [4.69, 9.17) is 9.31 Å². The average molecular weight is 267 g/mol. The summed E-state index contributed by atoms with van der Waals surface area (Å²) in [5, 5.41) is 3.15. The number of nitrogens with one attached hydrogen (secondary N) is 1. The first-order valence-corrected chi connectivity index (χ1v) is 6.89. The molecule has 1 saturated heterocycles. The normalized spacial score (nSPS) is 26.6. The second kappa shape index (κ2) is 4.95. The van der Waals surface area contributed by atoms with E-state index in [1.807, 2.05) is 33.9 Å². The summed E-state index contributed by atoms with van der Waals surface area (Å²) >= 11 is 0. The van der Waals surface area contributed by atoms with E-state index in [9.17, 15) is 4.39 Å². The summed E-state index contributed by atoms with van der Waals surface area (Å²) in [5.41, 5.74) is 0.306. The molecule has 0 aromatic carbocycles.